The lowest BCUT2D eigenvalue weighted by atomic mass is 10.3. The Balaban J connectivity index is 1.89. The number of amides is 2. The molecular weight excluding hydrogens is 344 g/mol. The molecule has 0 spiro atoms. The van der Waals surface area contributed by atoms with Gasteiger partial charge in [0, 0.05) is 11.1 Å². The van der Waals surface area contributed by atoms with Gasteiger partial charge in [0.05, 0.1) is 16.7 Å². The smallest absolute Gasteiger partial charge is 0.401 e. The van der Waals surface area contributed by atoms with E-state index in [9.17, 15) is 19.7 Å². The molecule has 7 nitrogen and oxygen atoms in total. The molecule has 0 bridgehead atoms. The maximum atomic E-state index is 12.4. The fourth-order valence-corrected chi connectivity index (χ4v) is 2.88. The van der Waals surface area contributed by atoms with Crippen molar-refractivity contribution in [2.45, 2.75) is 0 Å². The highest BCUT2D eigenvalue weighted by Crippen LogP contribution is 2.36. The predicted octanol–water partition coefficient (Wildman–Crippen LogP) is 4.08. The summed E-state index contributed by atoms with van der Waals surface area (Å²) in [6.07, 6.45) is 1.30. The minimum atomic E-state index is -0.684. The normalized spacial score (nSPS) is 16.4. The molecule has 0 N–H and O–H groups in total. The lowest BCUT2D eigenvalue weighted by Gasteiger charge is -2.11. The Hall–Kier alpha value is -2.58. The second kappa shape index (κ2) is 5.90. The summed E-state index contributed by atoms with van der Waals surface area (Å²) in [5, 5.41) is 10.6. The summed E-state index contributed by atoms with van der Waals surface area (Å²) < 4.78 is 4.96. The number of benzene rings is 1. The van der Waals surface area contributed by atoms with Crippen LogP contribution >= 0.6 is 23.4 Å². The Morgan fingerprint density at radius 1 is 1.17 bits per heavy atom. The number of carbonyl (C=O) groups is 2. The second-order valence-corrected chi connectivity index (χ2v) is 5.86. The molecular formula is C14H7ClN2O5S. The fraction of sp³-hybridized carbons (Fsp3) is 0. The van der Waals surface area contributed by atoms with Crippen molar-refractivity contribution in [1.82, 2.24) is 0 Å². The molecule has 3 rings (SSSR count). The number of imide groups is 1. The summed E-state index contributed by atoms with van der Waals surface area (Å²) in [6.45, 7) is 0. The number of anilines is 1. The van der Waals surface area contributed by atoms with Crippen LogP contribution in [0.2, 0.25) is 5.02 Å². The van der Waals surface area contributed by atoms with Crippen molar-refractivity contribution in [2.75, 3.05) is 4.90 Å². The van der Waals surface area contributed by atoms with E-state index in [-0.39, 0.29) is 10.7 Å². The molecule has 1 fully saturated rings. The van der Waals surface area contributed by atoms with Crippen molar-refractivity contribution in [3.05, 3.63) is 62.2 Å². The largest absolute Gasteiger partial charge is 0.433 e. The van der Waals surface area contributed by atoms with Gasteiger partial charge in [0.25, 0.3) is 11.1 Å². The zero-order valence-corrected chi connectivity index (χ0v) is 12.8. The van der Waals surface area contributed by atoms with E-state index in [0.29, 0.717) is 10.7 Å². The first kappa shape index (κ1) is 15.3. The van der Waals surface area contributed by atoms with E-state index in [0.717, 1.165) is 16.7 Å². The van der Waals surface area contributed by atoms with Gasteiger partial charge in [-0.25, -0.2) is 4.90 Å². The molecule has 2 amide bonds. The van der Waals surface area contributed by atoms with Crippen LogP contribution in [0, 0.1) is 10.1 Å². The standard InChI is InChI=1S/C14H7ClN2O5S/c15-8-1-3-9(4-2-8)16-13(18)11(23-14(16)19)7-10-5-6-12(22-10)17(20)21/h1-7H/b11-7-. The topological polar surface area (TPSA) is 93.7 Å². The minimum absolute atomic E-state index is 0.120. The zero-order chi connectivity index (χ0) is 16.6. The van der Waals surface area contributed by atoms with E-state index in [1.54, 1.807) is 24.3 Å². The monoisotopic (exact) mass is 350 g/mol. The molecule has 0 aliphatic carbocycles. The first-order valence-corrected chi connectivity index (χ1v) is 7.43. The van der Waals surface area contributed by atoms with Crippen LogP contribution < -0.4 is 4.90 Å². The maximum absolute atomic E-state index is 12.4. The number of nitro groups is 1. The third-order valence-electron chi connectivity index (χ3n) is 2.94. The highest BCUT2D eigenvalue weighted by molar-refractivity contribution is 8.19. The van der Waals surface area contributed by atoms with Gasteiger partial charge >= 0.3 is 5.88 Å². The van der Waals surface area contributed by atoms with Gasteiger partial charge in [-0.2, -0.15) is 0 Å². The number of hydrogen-bond acceptors (Lipinski definition) is 6. The van der Waals surface area contributed by atoms with Crippen LogP contribution in [0.1, 0.15) is 5.76 Å². The average Bonchev–Trinajstić information content (AvgIpc) is 3.07. The third kappa shape index (κ3) is 2.99. The van der Waals surface area contributed by atoms with E-state index in [4.69, 9.17) is 16.0 Å². The number of thioether (sulfide) groups is 1. The molecule has 116 valence electrons. The molecule has 9 heteroatoms. The Morgan fingerprint density at radius 2 is 1.87 bits per heavy atom. The quantitative estimate of drug-likeness (QED) is 0.470. The number of nitrogens with zero attached hydrogens (tertiary/aromatic N) is 2. The summed E-state index contributed by atoms with van der Waals surface area (Å²) in [4.78, 5) is 35.4. The van der Waals surface area contributed by atoms with Crippen molar-refractivity contribution >= 4 is 52.2 Å². The van der Waals surface area contributed by atoms with Crippen molar-refractivity contribution < 1.29 is 18.9 Å². The summed E-state index contributed by atoms with van der Waals surface area (Å²) in [7, 11) is 0. The third-order valence-corrected chi connectivity index (χ3v) is 4.07. The van der Waals surface area contributed by atoms with Gasteiger partial charge in [-0.15, -0.1) is 0 Å². The summed E-state index contributed by atoms with van der Waals surface area (Å²) in [5.74, 6) is -0.840. The van der Waals surface area contributed by atoms with E-state index in [1.807, 2.05) is 0 Å². The van der Waals surface area contributed by atoms with Gasteiger partial charge in [0.15, 0.2) is 0 Å². The molecule has 1 aliphatic heterocycles. The van der Waals surface area contributed by atoms with Crippen LogP contribution in [0.4, 0.5) is 16.4 Å². The molecule has 1 aromatic heterocycles. The maximum Gasteiger partial charge on any atom is 0.433 e. The first-order valence-electron chi connectivity index (χ1n) is 6.23. The van der Waals surface area contributed by atoms with Crippen molar-refractivity contribution in [2.24, 2.45) is 0 Å². The van der Waals surface area contributed by atoms with Crippen LogP contribution in [0.15, 0.2) is 45.7 Å². The van der Waals surface area contributed by atoms with Crippen LogP contribution in [0.3, 0.4) is 0 Å². The number of furan rings is 1. The second-order valence-electron chi connectivity index (χ2n) is 4.43. The zero-order valence-electron chi connectivity index (χ0n) is 11.3. The Morgan fingerprint density at radius 3 is 2.48 bits per heavy atom. The SMILES string of the molecule is O=C1S/C(=C\c2ccc([N+](=O)[O-])o2)C(=O)N1c1ccc(Cl)cc1. The summed E-state index contributed by atoms with van der Waals surface area (Å²) in [5.41, 5.74) is 0.394. The van der Waals surface area contributed by atoms with Crippen LogP contribution in [0.25, 0.3) is 6.08 Å². The molecule has 2 heterocycles. The van der Waals surface area contributed by atoms with Crippen molar-refractivity contribution in [3.63, 3.8) is 0 Å². The Labute approximate surface area is 138 Å². The molecule has 1 saturated heterocycles. The van der Waals surface area contributed by atoms with Gasteiger partial charge in [0.2, 0.25) is 0 Å². The number of carbonyl (C=O) groups excluding carboxylic acids is 2. The summed E-state index contributed by atoms with van der Waals surface area (Å²) in [6, 6.07) is 8.78. The van der Waals surface area contributed by atoms with Crippen LogP contribution in [-0.2, 0) is 4.79 Å². The highest BCUT2D eigenvalue weighted by atomic mass is 35.5. The number of hydrogen-bond donors (Lipinski definition) is 0. The fourth-order valence-electron chi connectivity index (χ4n) is 1.93. The minimum Gasteiger partial charge on any atom is -0.401 e. The van der Waals surface area contributed by atoms with Crippen LogP contribution in [-0.4, -0.2) is 16.1 Å². The molecule has 1 aromatic carbocycles. The van der Waals surface area contributed by atoms with E-state index < -0.39 is 22.0 Å². The van der Waals surface area contributed by atoms with Gasteiger partial charge in [-0.05, 0) is 42.1 Å². The molecule has 23 heavy (non-hydrogen) atoms. The molecule has 0 saturated carbocycles. The molecule has 2 aromatic rings. The predicted molar refractivity (Wildman–Crippen MR) is 85.3 cm³/mol. The van der Waals surface area contributed by atoms with Crippen LogP contribution in [0.5, 0.6) is 0 Å². The van der Waals surface area contributed by atoms with E-state index in [1.165, 1.54) is 18.2 Å². The van der Waals surface area contributed by atoms with Crippen molar-refractivity contribution in [3.8, 4) is 0 Å². The summed E-state index contributed by atoms with van der Waals surface area (Å²) >= 11 is 6.51. The van der Waals surface area contributed by atoms with Gasteiger partial charge in [-0.1, -0.05) is 11.6 Å². The number of rotatable bonds is 3. The highest BCUT2D eigenvalue weighted by Gasteiger charge is 2.36. The molecule has 0 unspecified atom stereocenters. The van der Waals surface area contributed by atoms with Gasteiger partial charge in [0.1, 0.15) is 10.7 Å². The number of halogens is 1. The van der Waals surface area contributed by atoms with Gasteiger partial charge in [-0.3, -0.25) is 19.7 Å². The molecule has 1 aliphatic rings. The van der Waals surface area contributed by atoms with E-state index >= 15 is 0 Å². The average molecular weight is 351 g/mol. The lowest BCUT2D eigenvalue weighted by molar-refractivity contribution is -0.402. The Bertz CT molecular complexity index is 843. The van der Waals surface area contributed by atoms with E-state index in [2.05, 4.69) is 0 Å². The first-order chi connectivity index (χ1) is 11.0. The van der Waals surface area contributed by atoms with Crippen molar-refractivity contribution in [1.29, 1.82) is 0 Å². The molecule has 0 atom stereocenters. The lowest BCUT2D eigenvalue weighted by Crippen LogP contribution is -2.27. The van der Waals surface area contributed by atoms with Gasteiger partial charge < -0.3 is 4.42 Å². The molecule has 0 radical (unpaired) electrons. The Kier molecular flexibility index (Phi) is 3.93.